The number of nitrogens with one attached hydrogen (secondary N) is 1. The standard InChI is InChI=1S/C14H19FN2O3/c1-11(18)17(7-8-20-2)10-14(19)16-9-12-5-3-4-6-13(12)15/h3-6H,7-10H2,1-2H3,(H,16,19). The van der Waals surface area contributed by atoms with Crippen molar-refractivity contribution in [1.29, 1.82) is 0 Å². The van der Waals surface area contributed by atoms with Gasteiger partial charge in [-0.05, 0) is 6.07 Å². The number of nitrogens with zero attached hydrogens (tertiary/aromatic N) is 1. The molecule has 0 unspecified atom stereocenters. The zero-order valence-electron chi connectivity index (χ0n) is 11.7. The number of hydrogen-bond donors (Lipinski definition) is 1. The Labute approximate surface area is 117 Å². The molecule has 2 amide bonds. The minimum absolute atomic E-state index is 0.0624. The lowest BCUT2D eigenvalue weighted by Gasteiger charge is -2.20. The second kappa shape index (κ2) is 8.27. The van der Waals surface area contributed by atoms with Gasteiger partial charge >= 0.3 is 0 Å². The quantitative estimate of drug-likeness (QED) is 0.809. The maximum absolute atomic E-state index is 13.4. The van der Waals surface area contributed by atoms with Gasteiger partial charge in [-0.2, -0.15) is 0 Å². The molecule has 6 heteroatoms. The average Bonchev–Trinajstić information content (AvgIpc) is 2.42. The van der Waals surface area contributed by atoms with Gasteiger partial charge in [-0.3, -0.25) is 9.59 Å². The molecule has 5 nitrogen and oxygen atoms in total. The normalized spacial score (nSPS) is 10.2. The van der Waals surface area contributed by atoms with Crippen LogP contribution < -0.4 is 5.32 Å². The van der Waals surface area contributed by atoms with Crippen LogP contribution in [0, 0.1) is 5.82 Å². The molecule has 1 rings (SSSR count). The second-order valence-corrected chi connectivity index (χ2v) is 4.30. The molecule has 0 spiro atoms. The van der Waals surface area contributed by atoms with Crippen LogP contribution in [0.15, 0.2) is 24.3 Å². The van der Waals surface area contributed by atoms with E-state index < -0.39 is 0 Å². The van der Waals surface area contributed by atoms with E-state index in [1.165, 1.54) is 25.0 Å². The monoisotopic (exact) mass is 282 g/mol. The minimum Gasteiger partial charge on any atom is -0.383 e. The van der Waals surface area contributed by atoms with Crippen molar-refractivity contribution in [1.82, 2.24) is 10.2 Å². The molecule has 1 N–H and O–H groups in total. The summed E-state index contributed by atoms with van der Waals surface area (Å²) in [6, 6.07) is 6.22. The predicted molar refractivity (Wildman–Crippen MR) is 72.4 cm³/mol. The van der Waals surface area contributed by atoms with Crippen LogP contribution in [-0.4, -0.2) is 43.5 Å². The molecule has 110 valence electrons. The van der Waals surface area contributed by atoms with Crippen molar-refractivity contribution in [3.8, 4) is 0 Å². The molecule has 1 aromatic rings. The Kier molecular flexibility index (Phi) is 6.66. The van der Waals surface area contributed by atoms with Crippen molar-refractivity contribution in [2.75, 3.05) is 26.8 Å². The molecule has 0 aromatic heterocycles. The van der Waals surface area contributed by atoms with Crippen LogP contribution in [0.25, 0.3) is 0 Å². The van der Waals surface area contributed by atoms with Crippen molar-refractivity contribution < 1.29 is 18.7 Å². The number of carbonyl (C=O) groups excluding carboxylic acids is 2. The van der Waals surface area contributed by atoms with Crippen LogP contribution >= 0.6 is 0 Å². The molecule has 0 fully saturated rings. The number of halogens is 1. The smallest absolute Gasteiger partial charge is 0.239 e. The van der Waals surface area contributed by atoms with Gasteiger partial charge in [0.15, 0.2) is 0 Å². The number of hydrogen-bond acceptors (Lipinski definition) is 3. The number of carbonyl (C=O) groups is 2. The minimum atomic E-state index is -0.365. The number of amides is 2. The SMILES string of the molecule is COCCN(CC(=O)NCc1ccccc1F)C(C)=O. The van der Waals surface area contributed by atoms with Gasteiger partial charge in [0, 0.05) is 32.7 Å². The Morgan fingerprint density at radius 3 is 2.65 bits per heavy atom. The third kappa shape index (κ3) is 5.36. The molecule has 20 heavy (non-hydrogen) atoms. The highest BCUT2D eigenvalue weighted by molar-refractivity contribution is 5.83. The van der Waals surface area contributed by atoms with Gasteiger partial charge in [-0.1, -0.05) is 18.2 Å². The van der Waals surface area contributed by atoms with Gasteiger partial charge < -0.3 is 15.0 Å². The first-order chi connectivity index (χ1) is 9.54. The highest BCUT2D eigenvalue weighted by Crippen LogP contribution is 2.05. The van der Waals surface area contributed by atoms with Crippen molar-refractivity contribution in [2.45, 2.75) is 13.5 Å². The summed E-state index contributed by atoms with van der Waals surface area (Å²) in [5.74, 6) is -0.904. The van der Waals surface area contributed by atoms with Gasteiger partial charge in [0.2, 0.25) is 11.8 Å². The zero-order chi connectivity index (χ0) is 15.0. The summed E-state index contributed by atoms with van der Waals surface area (Å²) in [5, 5.41) is 2.59. The maximum Gasteiger partial charge on any atom is 0.239 e. The third-order valence-corrected chi connectivity index (χ3v) is 2.78. The molecule has 1 aromatic carbocycles. The summed E-state index contributed by atoms with van der Waals surface area (Å²) in [5.41, 5.74) is 0.409. The second-order valence-electron chi connectivity index (χ2n) is 4.30. The number of ether oxygens (including phenoxy) is 1. The summed E-state index contributed by atoms with van der Waals surface area (Å²) in [4.78, 5) is 24.5. The Balaban J connectivity index is 2.46. The van der Waals surface area contributed by atoms with Crippen molar-refractivity contribution in [2.24, 2.45) is 0 Å². The maximum atomic E-state index is 13.4. The highest BCUT2D eigenvalue weighted by Gasteiger charge is 2.13. The van der Waals surface area contributed by atoms with Gasteiger partial charge in [0.25, 0.3) is 0 Å². The summed E-state index contributed by atoms with van der Waals surface area (Å²) >= 11 is 0. The van der Waals surface area contributed by atoms with Crippen molar-refractivity contribution in [3.63, 3.8) is 0 Å². The molecular weight excluding hydrogens is 263 g/mol. The molecule has 0 radical (unpaired) electrons. The number of rotatable bonds is 7. The van der Waals surface area contributed by atoms with Crippen LogP contribution in [0.3, 0.4) is 0 Å². The summed E-state index contributed by atoms with van der Waals surface area (Å²) in [7, 11) is 1.52. The number of methoxy groups -OCH3 is 1. The molecule has 0 aliphatic heterocycles. The highest BCUT2D eigenvalue weighted by atomic mass is 19.1. The van der Waals surface area contributed by atoms with Crippen LogP contribution in [0.1, 0.15) is 12.5 Å². The van der Waals surface area contributed by atoms with Gasteiger partial charge in [0.1, 0.15) is 5.82 Å². The van der Waals surface area contributed by atoms with E-state index in [0.29, 0.717) is 18.7 Å². The van der Waals surface area contributed by atoms with Crippen molar-refractivity contribution in [3.05, 3.63) is 35.6 Å². The summed E-state index contributed by atoms with van der Waals surface area (Å²) in [6.07, 6.45) is 0. The molecule has 0 heterocycles. The van der Waals surface area contributed by atoms with E-state index in [0.717, 1.165) is 0 Å². The first-order valence-electron chi connectivity index (χ1n) is 6.29. The van der Waals surface area contributed by atoms with E-state index in [9.17, 15) is 14.0 Å². The third-order valence-electron chi connectivity index (χ3n) is 2.78. The molecule has 0 aliphatic carbocycles. The fourth-order valence-electron chi connectivity index (χ4n) is 1.61. The molecule has 0 aliphatic rings. The largest absolute Gasteiger partial charge is 0.383 e. The van der Waals surface area contributed by atoms with E-state index >= 15 is 0 Å². The fourth-order valence-corrected chi connectivity index (χ4v) is 1.61. The van der Waals surface area contributed by atoms with Gasteiger partial charge in [-0.15, -0.1) is 0 Å². The average molecular weight is 282 g/mol. The summed E-state index contributed by atoms with van der Waals surface area (Å²) in [6.45, 7) is 2.13. The first kappa shape index (κ1) is 16.1. The zero-order valence-corrected chi connectivity index (χ0v) is 11.7. The molecule has 0 saturated heterocycles. The summed E-state index contributed by atoms with van der Waals surface area (Å²) < 4.78 is 18.2. The topological polar surface area (TPSA) is 58.6 Å². The van der Waals surface area contributed by atoms with E-state index in [1.54, 1.807) is 18.2 Å². The lowest BCUT2D eigenvalue weighted by Crippen LogP contribution is -2.41. The van der Waals surface area contributed by atoms with Crippen LogP contribution in [0.2, 0.25) is 0 Å². The molecular formula is C14H19FN2O3. The lowest BCUT2D eigenvalue weighted by atomic mass is 10.2. The first-order valence-corrected chi connectivity index (χ1v) is 6.29. The molecule has 0 bridgehead atoms. The Morgan fingerprint density at radius 2 is 2.05 bits per heavy atom. The Hall–Kier alpha value is -1.95. The van der Waals surface area contributed by atoms with Crippen LogP contribution in [-0.2, 0) is 20.9 Å². The van der Waals surface area contributed by atoms with Crippen LogP contribution in [0.5, 0.6) is 0 Å². The van der Waals surface area contributed by atoms with E-state index in [2.05, 4.69) is 5.32 Å². The Bertz CT molecular complexity index is 465. The lowest BCUT2D eigenvalue weighted by molar-refractivity contribution is -0.135. The van der Waals surface area contributed by atoms with Crippen LogP contribution in [0.4, 0.5) is 4.39 Å². The fraction of sp³-hybridized carbons (Fsp3) is 0.429. The van der Waals surface area contributed by atoms with E-state index in [-0.39, 0.29) is 30.7 Å². The van der Waals surface area contributed by atoms with E-state index in [1.807, 2.05) is 0 Å². The molecule has 0 saturated carbocycles. The van der Waals surface area contributed by atoms with Gasteiger partial charge in [-0.25, -0.2) is 4.39 Å². The van der Waals surface area contributed by atoms with E-state index in [4.69, 9.17) is 4.74 Å². The van der Waals surface area contributed by atoms with Gasteiger partial charge in [0.05, 0.1) is 13.2 Å². The molecule has 0 atom stereocenters. The Morgan fingerprint density at radius 1 is 1.35 bits per heavy atom. The predicted octanol–water partition coefficient (Wildman–Crippen LogP) is 0.937. The van der Waals surface area contributed by atoms with Crippen molar-refractivity contribution >= 4 is 11.8 Å². The number of benzene rings is 1.